The summed E-state index contributed by atoms with van der Waals surface area (Å²) in [7, 11) is 1.59. The van der Waals surface area contributed by atoms with E-state index in [0.717, 1.165) is 0 Å². The molecule has 1 rings (SSSR count). The first kappa shape index (κ1) is 12.2. The summed E-state index contributed by atoms with van der Waals surface area (Å²) in [5.74, 6) is 0.464. The van der Waals surface area contributed by atoms with Crippen molar-refractivity contribution in [3.63, 3.8) is 0 Å². The molecule has 0 radical (unpaired) electrons. The third-order valence-corrected chi connectivity index (χ3v) is 2.53. The van der Waals surface area contributed by atoms with Crippen molar-refractivity contribution >= 4 is 21.7 Å². The normalized spacial score (nSPS) is 12.5. The van der Waals surface area contributed by atoms with Gasteiger partial charge in [0.25, 0.3) is 5.56 Å². The van der Waals surface area contributed by atoms with Gasteiger partial charge in [-0.1, -0.05) is 0 Å². The molecule has 1 atom stereocenters. The van der Waals surface area contributed by atoms with Gasteiger partial charge in [0.15, 0.2) is 0 Å². The van der Waals surface area contributed by atoms with Gasteiger partial charge in [-0.3, -0.25) is 4.79 Å². The van der Waals surface area contributed by atoms with Crippen molar-refractivity contribution in [1.82, 2.24) is 9.97 Å². The summed E-state index contributed by atoms with van der Waals surface area (Å²) in [6.45, 7) is 0.853. The lowest BCUT2D eigenvalue weighted by Crippen LogP contribution is -2.34. The van der Waals surface area contributed by atoms with Crippen LogP contribution in [-0.2, 0) is 4.74 Å². The molecule has 0 amide bonds. The van der Waals surface area contributed by atoms with Crippen LogP contribution in [0.2, 0.25) is 0 Å². The van der Waals surface area contributed by atoms with Gasteiger partial charge in [-0.15, -0.1) is 0 Å². The molecule has 0 bridgehead atoms. The SMILES string of the molecule is COCC(CN)Nc1nc[nH]c(=O)c1Br. The number of methoxy groups -OCH3 is 1. The van der Waals surface area contributed by atoms with Crippen LogP contribution in [-0.4, -0.2) is 36.3 Å². The van der Waals surface area contributed by atoms with Crippen LogP contribution >= 0.6 is 15.9 Å². The van der Waals surface area contributed by atoms with Crippen LogP contribution in [0.1, 0.15) is 0 Å². The van der Waals surface area contributed by atoms with E-state index in [0.29, 0.717) is 23.4 Å². The first-order valence-electron chi connectivity index (χ1n) is 4.37. The Morgan fingerprint density at radius 3 is 3.13 bits per heavy atom. The average molecular weight is 277 g/mol. The second-order valence-electron chi connectivity index (χ2n) is 2.93. The molecule has 1 unspecified atom stereocenters. The van der Waals surface area contributed by atoms with E-state index >= 15 is 0 Å². The van der Waals surface area contributed by atoms with Crippen LogP contribution in [0.15, 0.2) is 15.6 Å². The van der Waals surface area contributed by atoms with Gasteiger partial charge in [-0.2, -0.15) is 0 Å². The number of nitrogens with one attached hydrogen (secondary N) is 2. The molecule has 0 aliphatic rings. The fraction of sp³-hybridized carbons (Fsp3) is 0.500. The monoisotopic (exact) mass is 276 g/mol. The maximum absolute atomic E-state index is 11.2. The molecule has 7 heteroatoms. The number of aromatic nitrogens is 2. The number of nitrogens with two attached hydrogens (primary N) is 1. The Labute approximate surface area is 95.4 Å². The van der Waals surface area contributed by atoms with Crippen LogP contribution in [0.3, 0.4) is 0 Å². The van der Waals surface area contributed by atoms with E-state index in [1.807, 2.05) is 0 Å². The molecule has 0 aliphatic carbocycles. The zero-order valence-corrected chi connectivity index (χ0v) is 9.87. The Balaban J connectivity index is 2.79. The summed E-state index contributed by atoms with van der Waals surface area (Å²) in [5, 5.41) is 3.01. The lowest BCUT2D eigenvalue weighted by atomic mass is 10.3. The van der Waals surface area contributed by atoms with Crippen molar-refractivity contribution in [2.75, 3.05) is 25.6 Å². The average Bonchev–Trinajstić information content (AvgIpc) is 2.24. The lowest BCUT2D eigenvalue weighted by Gasteiger charge is -2.16. The van der Waals surface area contributed by atoms with Crippen LogP contribution < -0.4 is 16.6 Å². The minimum absolute atomic E-state index is 0.0689. The molecule has 15 heavy (non-hydrogen) atoms. The van der Waals surface area contributed by atoms with Gasteiger partial charge >= 0.3 is 0 Å². The number of H-pyrrole nitrogens is 1. The summed E-state index contributed by atoms with van der Waals surface area (Å²) in [4.78, 5) is 17.7. The largest absolute Gasteiger partial charge is 0.383 e. The second kappa shape index (κ2) is 5.84. The highest BCUT2D eigenvalue weighted by molar-refractivity contribution is 9.10. The minimum Gasteiger partial charge on any atom is -0.383 e. The maximum Gasteiger partial charge on any atom is 0.267 e. The Morgan fingerprint density at radius 2 is 2.53 bits per heavy atom. The Kier molecular flexibility index (Phi) is 4.73. The third kappa shape index (κ3) is 3.29. The number of anilines is 1. The molecular formula is C8H13BrN4O2. The summed E-state index contributed by atoms with van der Waals surface area (Å²) in [6.07, 6.45) is 1.33. The molecule has 0 spiro atoms. The van der Waals surface area contributed by atoms with Crippen molar-refractivity contribution in [2.24, 2.45) is 5.73 Å². The first-order chi connectivity index (χ1) is 7.19. The van der Waals surface area contributed by atoms with E-state index in [2.05, 4.69) is 31.2 Å². The highest BCUT2D eigenvalue weighted by atomic mass is 79.9. The number of ether oxygens (including phenoxy) is 1. The quantitative estimate of drug-likeness (QED) is 0.700. The summed E-state index contributed by atoms with van der Waals surface area (Å²) < 4.78 is 5.33. The fourth-order valence-electron chi connectivity index (χ4n) is 1.05. The minimum atomic E-state index is -0.235. The van der Waals surface area contributed by atoms with Gasteiger partial charge in [0, 0.05) is 13.7 Å². The predicted octanol–water partition coefficient (Wildman–Crippen LogP) is -0.0820. The first-order valence-corrected chi connectivity index (χ1v) is 5.17. The van der Waals surface area contributed by atoms with Crippen LogP contribution in [0.25, 0.3) is 0 Å². The Bertz CT molecular complexity index is 368. The van der Waals surface area contributed by atoms with Crippen molar-refractivity contribution in [3.8, 4) is 0 Å². The van der Waals surface area contributed by atoms with Crippen molar-refractivity contribution in [3.05, 3.63) is 21.2 Å². The van der Waals surface area contributed by atoms with E-state index in [1.54, 1.807) is 7.11 Å². The zero-order chi connectivity index (χ0) is 11.3. The molecule has 1 aromatic heterocycles. The molecule has 0 saturated heterocycles. The summed E-state index contributed by atoms with van der Waals surface area (Å²) >= 11 is 3.14. The molecule has 0 saturated carbocycles. The molecule has 0 aromatic carbocycles. The highest BCUT2D eigenvalue weighted by Gasteiger charge is 2.10. The van der Waals surface area contributed by atoms with Crippen LogP contribution in [0, 0.1) is 0 Å². The van der Waals surface area contributed by atoms with E-state index in [1.165, 1.54) is 6.33 Å². The van der Waals surface area contributed by atoms with Gasteiger partial charge in [0.2, 0.25) is 0 Å². The molecule has 6 nitrogen and oxygen atoms in total. The number of halogens is 1. The van der Waals surface area contributed by atoms with Gasteiger partial charge in [0.05, 0.1) is 19.0 Å². The van der Waals surface area contributed by atoms with Crippen molar-refractivity contribution in [1.29, 1.82) is 0 Å². The van der Waals surface area contributed by atoms with Crippen LogP contribution in [0.4, 0.5) is 5.82 Å². The second-order valence-corrected chi connectivity index (χ2v) is 3.72. The lowest BCUT2D eigenvalue weighted by molar-refractivity contribution is 0.187. The molecule has 0 aliphatic heterocycles. The molecular weight excluding hydrogens is 264 g/mol. The molecule has 4 N–H and O–H groups in total. The summed E-state index contributed by atoms with van der Waals surface area (Å²) in [5.41, 5.74) is 5.29. The third-order valence-electron chi connectivity index (χ3n) is 1.79. The number of aromatic amines is 1. The van der Waals surface area contributed by atoms with E-state index in [9.17, 15) is 4.79 Å². The van der Waals surface area contributed by atoms with Gasteiger partial charge < -0.3 is 20.8 Å². The maximum atomic E-state index is 11.2. The molecule has 1 aromatic rings. The Hall–Kier alpha value is -0.920. The number of hydrogen-bond acceptors (Lipinski definition) is 5. The smallest absolute Gasteiger partial charge is 0.267 e. The van der Waals surface area contributed by atoms with E-state index < -0.39 is 0 Å². The number of rotatable bonds is 5. The standard InChI is InChI=1S/C8H13BrN4O2/c1-15-3-5(2-10)13-7-6(9)8(14)12-4-11-7/h4-5H,2-3,10H2,1H3,(H2,11,12,13,14). The van der Waals surface area contributed by atoms with Crippen LogP contribution in [0.5, 0.6) is 0 Å². The molecule has 1 heterocycles. The highest BCUT2D eigenvalue weighted by Crippen LogP contribution is 2.13. The molecule has 84 valence electrons. The fourth-order valence-corrected chi connectivity index (χ4v) is 1.38. The van der Waals surface area contributed by atoms with Crippen molar-refractivity contribution < 1.29 is 4.74 Å². The van der Waals surface area contributed by atoms with Gasteiger partial charge in [-0.05, 0) is 15.9 Å². The number of nitrogens with zero attached hydrogens (tertiary/aromatic N) is 1. The van der Waals surface area contributed by atoms with Gasteiger partial charge in [0.1, 0.15) is 10.3 Å². The van der Waals surface area contributed by atoms with Gasteiger partial charge in [-0.25, -0.2) is 4.98 Å². The predicted molar refractivity (Wildman–Crippen MR) is 60.9 cm³/mol. The summed E-state index contributed by atoms with van der Waals surface area (Å²) in [6, 6.07) is -0.0689. The topological polar surface area (TPSA) is 93.0 Å². The Morgan fingerprint density at radius 1 is 1.80 bits per heavy atom. The number of hydrogen-bond donors (Lipinski definition) is 3. The molecule has 0 fully saturated rings. The van der Waals surface area contributed by atoms with E-state index in [4.69, 9.17) is 10.5 Å². The van der Waals surface area contributed by atoms with E-state index in [-0.39, 0.29) is 11.6 Å². The zero-order valence-electron chi connectivity index (χ0n) is 8.29. The van der Waals surface area contributed by atoms with Crippen molar-refractivity contribution in [2.45, 2.75) is 6.04 Å².